The highest BCUT2D eigenvalue weighted by atomic mass is 79.9. The molecule has 0 bridgehead atoms. The zero-order chi connectivity index (χ0) is 12.8. The van der Waals surface area contributed by atoms with Crippen LogP contribution in [0.25, 0.3) is 0 Å². The van der Waals surface area contributed by atoms with Crippen molar-refractivity contribution >= 4 is 27.9 Å². The maximum atomic E-state index is 11.0. The molecule has 0 saturated carbocycles. The number of carbonyl (C=O) groups excluding carboxylic acids is 1. The van der Waals surface area contributed by atoms with E-state index in [9.17, 15) is 9.59 Å². The molecule has 0 heterocycles. The van der Waals surface area contributed by atoms with Gasteiger partial charge in [0.05, 0.1) is 13.5 Å². The van der Waals surface area contributed by atoms with Crippen LogP contribution in [-0.2, 0) is 27.2 Å². The first-order chi connectivity index (χ1) is 8.02. The van der Waals surface area contributed by atoms with Gasteiger partial charge in [0.15, 0.2) is 0 Å². The molecule has 0 radical (unpaired) electrons. The summed E-state index contributed by atoms with van der Waals surface area (Å²) in [7, 11) is 1.35. The quantitative estimate of drug-likeness (QED) is 0.847. The Kier molecular flexibility index (Phi) is 5.15. The van der Waals surface area contributed by atoms with E-state index in [0.29, 0.717) is 18.4 Å². The van der Waals surface area contributed by atoms with E-state index in [1.807, 2.05) is 6.07 Å². The van der Waals surface area contributed by atoms with E-state index in [4.69, 9.17) is 5.11 Å². The Morgan fingerprint density at radius 1 is 1.41 bits per heavy atom. The topological polar surface area (TPSA) is 63.6 Å². The first-order valence-electron chi connectivity index (χ1n) is 5.09. The molecular weight excluding hydrogens is 288 g/mol. The van der Waals surface area contributed by atoms with E-state index in [2.05, 4.69) is 20.7 Å². The van der Waals surface area contributed by atoms with Crippen molar-refractivity contribution in [2.75, 3.05) is 7.11 Å². The molecule has 1 aromatic carbocycles. The summed E-state index contributed by atoms with van der Waals surface area (Å²) in [5.74, 6) is -1.15. The van der Waals surface area contributed by atoms with E-state index in [1.54, 1.807) is 12.1 Å². The van der Waals surface area contributed by atoms with Gasteiger partial charge in [0.2, 0.25) is 0 Å². The molecule has 17 heavy (non-hydrogen) atoms. The van der Waals surface area contributed by atoms with Crippen molar-refractivity contribution in [2.45, 2.75) is 19.3 Å². The number of ether oxygens (including phenoxy) is 1. The summed E-state index contributed by atoms with van der Waals surface area (Å²) in [6.45, 7) is 0. The fourth-order valence-corrected chi connectivity index (χ4v) is 1.82. The van der Waals surface area contributed by atoms with Gasteiger partial charge in [-0.25, -0.2) is 0 Å². The lowest BCUT2D eigenvalue weighted by atomic mass is 10.0. The second-order valence-electron chi connectivity index (χ2n) is 3.57. The summed E-state index contributed by atoms with van der Waals surface area (Å²) in [6, 6.07) is 5.45. The molecule has 0 aliphatic carbocycles. The van der Waals surface area contributed by atoms with Gasteiger partial charge < -0.3 is 9.84 Å². The Hall–Kier alpha value is -1.36. The summed E-state index contributed by atoms with van der Waals surface area (Å²) >= 11 is 3.30. The third kappa shape index (κ3) is 4.56. The Labute approximate surface area is 108 Å². The fourth-order valence-electron chi connectivity index (χ4n) is 1.43. The minimum atomic E-state index is -0.879. The van der Waals surface area contributed by atoms with Crippen LogP contribution in [0.5, 0.6) is 0 Å². The molecule has 5 heteroatoms. The number of aliphatic carboxylic acids is 1. The molecule has 4 nitrogen and oxygen atoms in total. The highest BCUT2D eigenvalue weighted by Gasteiger charge is 2.07. The summed E-state index contributed by atoms with van der Waals surface area (Å²) in [5, 5.41) is 8.74. The molecule has 1 N–H and O–H groups in total. The van der Waals surface area contributed by atoms with Gasteiger partial charge in [0, 0.05) is 10.9 Å². The number of benzene rings is 1. The molecule has 0 aliphatic heterocycles. The molecule has 1 aromatic rings. The van der Waals surface area contributed by atoms with Crippen LogP contribution in [0.1, 0.15) is 17.5 Å². The lowest BCUT2D eigenvalue weighted by Gasteiger charge is -2.05. The summed E-state index contributed by atoms with van der Waals surface area (Å²) < 4.78 is 5.31. The van der Waals surface area contributed by atoms with Gasteiger partial charge in [0.25, 0.3) is 0 Å². The molecule has 0 amide bonds. The van der Waals surface area contributed by atoms with Crippen LogP contribution in [0.2, 0.25) is 0 Å². The molecule has 92 valence electrons. The number of esters is 1. The van der Waals surface area contributed by atoms with Crippen LogP contribution in [0, 0.1) is 0 Å². The minimum absolute atomic E-state index is 0.0351. The van der Waals surface area contributed by atoms with E-state index < -0.39 is 5.97 Å². The number of carboxylic acids is 1. The maximum absolute atomic E-state index is 11.0. The Morgan fingerprint density at radius 2 is 2.12 bits per heavy atom. The lowest BCUT2D eigenvalue weighted by Crippen LogP contribution is -2.04. The molecule has 0 atom stereocenters. The van der Waals surface area contributed by atoms with E-state index >= 15 is 0 Å². The van der Waals surface area contributed by atoms with Gasteiger partial charge in [-0.05, 0) is 23.6 Å². The van der Waals surface area contributed by atoms with Crippen molar-refractivity contribution in [1.29, 1.82) is 0 Å². The SMILES string of the molecule is COC(=O)CCc1ccc(Br)c(CC(=O)O)c1. The van der Waals surface area contributed by atoms with Crippen molar-refractivity contribution in [3.63, 3.8) is 0 Å². The minimum Gasteiger partial charge on any atom is -0.481 e. The molecule has 0 saturated heterocycles. The van der Waals surface area contributed by atoms with E-state index in [0.717, 1.165) is 10.0 Å². The predicted octanol–water partition coefficient (Wildman–Crippen LogP) is 2.18. The first-order valence-corrected chi connectivity index (χ1v) is 5.88. The number of methoxy groups -OCH3 is 1. The number of carboxylic acid groups (broad SMARTS) is 1. The molecule has 0 fully saturated rings. The monoisotopic (exact) mass is 300 g/mol. The van der Waals surface area contributed by atoms with Crippen LogP contribution in [0.3, 0.4) is 0 Å². The Balaban J connectivity index is 2.74. The van der Waals surface area contributed by atoms with Crippen molar-refractivity contribution in [1.82, 2.24) is 0 Å². The van der Waals surface area contributed by atoms with Crippen LogP contribution in [0.15, 0.2) is 22.7 Å². The number of rotatable bonds is 5. The zero-order valence-corrected chi connectivity index (χ0v) is 11.0. The van der Waals surface area contributed by atoms with Crippen molar-refractivity contribution in [3.05, 3.63) is 33.8 Å². The fraction of sp³-hybridized carbons (Fsp3) is 0.333. The first kappa shape index (κ1) is 13.7. The number of hydrogen-bond donors (Lipinski definition) is 1. The zero-order valence-electron chi connectivity index (χ0n) is 9.40. The summed E-state index contributed by atoms with van der Waals surface area (Å²) in [4.78, 5) is 21.6. The van der Waals surface area contributed by atoms with Crippen LogP contribution < -0.4 is 0 Å². The maximum Gasteiger partial charge on any atom is 0.307 e. The van der Waals surface area contributed by atoms with Crippen LogP contribution in [0.4, 0.5) is 0 Å². The average Bonchev–Trinajstić information content (AvgIpc) is 2.29. The van der Waals surface area contributed by atoms with Gasteiger partial charge in [-0.3, -0.25) is 9.59 Å². The lowest BCUT2D eigenvalue weighted by molar-refractivity contribution is -0.140. The second kappa shape index (κ2) is 6.39. The molecular formula is C12H13BrO4. The van der Waals surface area contributed by atoms with Gasteiger partial charge >= 0.3 is 11.9 Å². The van der Waals surface area contributed by atoms with Crippen molar-refractivity contribution < 1.29 is 19.4 Å². The second-order valence-corrected chi connectivity index (χ2v) is 4.43. The van der Waals surface area contributed by atoms with Gasteiger partial charge in [-0.2, -0.15) is 0 Å². The standard InChI is InChI=1S/C12H13BrO4/c1-17-12(16)5-3-8-2-4-10(13)9(6-8)7-11(14)15/h2,4,6H,3,5,7H2,1H3,(H,14,15). The third-order valence-corrected chi connectivity index (χ3v) is 3.07. The van der Waals surface area contributed by atoms with Gasteiger partial charge in [-0.15, -0.1) is 0 Å². The average molecular weight is 301 g/mol. The third-order valence-electron chi connectivity index (χ3n) is 2.30. The van der Waals surface area contributed by atoms with Gasteiger partial charge in [0.1, 0.15) is 0 Å². The van der Waals surface area contributed by atoms with E-state index in [1.165, 1.54) is 7.11 Å². The Morgan fingerprint density at radius 3 is 2.71 bits per heavy atom. The predicted molar refractivity (Wildman–Crippen MR) is 65.8 cm³/mol. The van der Waals surface area contributed by atoms with Crippen molar-refractivity contribution in [3.8, 4) is 0 Å². The molecule has 0 spiro atoms. The Bertz CT molecular complexity index is 429. The summed E-state index contributed by atoms with van der Waals surface area (Å²) in [5.41, 5.74) is 1.63. The van der Waals surface area contributed by atoms with Crippen LogP contribution >= 0.6 is 15.9 Å². The smallest absolute Gasteiger partial charge is 0.307 e. The highest BCUT2D eigenvalue weighted by molar-refractivity contribution is 9.10. The molecule has 1 rings (SSSR count). The normalized spacial score (nSPS) is 10.0. The molecule has 0 unspecified atom stereocenters. The molecule has 0 aliphatic rings. The van der Waals surface area contributed by atoms with E-state index in [-0.39, 0.29) is 12.4 Å². The summed E-state index contributed by atoms with van der Waals surface area (Å²) in [6.07, 6.45) is 0.809. The van der Waals surface area contributed by atoms with Crippen LogP contribution in [-0.4, -0.2) is 24.2 Å². The largest absolute Gasteiger partial charge is 0.481 e. The number of carbonyl (C=O) groups is 2. The number of aryl methyl sites for hydroxylation is 1. The van der Waals surface area contributed by atoms with Crippen molar-refractivity contribution in [2.24, 2.45) is 0 Å². The number of halogens is 1. The van der Waals surface area contributed by atoms with Gasteiger partial charge in [-0.1, -0.05) is 28.1 Å². The number of hydrogen-bond acceptors (Lipinski definition) is 3. The molecule has 0 aromatic heterocycles. The highest BCUT2D eigenvalue weighted by Crippen LogP contribution is 2.20.